The third-order valence-electron chi connectivity index (χ3n) is 2.76. The Bertz CT molecular complexity index is 558. The molecule has 0 amide bonds. The molecule has 1 aromatic carbocycles. The van der Waals surface area contributed by atoms with Gasteiger partial charge in [-0.25, -0.2) is 0 Å². The van der Waals surface area contributed by atoms with Crippen molar-refractivity contribution in [3.63, 3.8) is 0 Å². The molecule has 0 aliphatic rings. The van der Waals surface area contributed by atoms with Crippen LogP contribution in [0.25, 0.3) is 0 Å². The summed E-state index contributed by atoms with van der Waals surface area (Å²) in [5, 5.41) is 16.6. The van der Waals surface area contributed by atoms with Crippen LogP contribution in [0, 0.1) is 11.3 Å². The van der Waals surface area contributed by atoms with E-state index in [1.165, 1.54) is 5.56 Å². The van der Waals surface area contributed by atoms with Crippen molar-refractivity contribution in [2.45, 2.75) is 13.0 Å². The quantitative estimate of drug-likeness (QED) is 0.907. The van der Waals surface area contributed by atoms with Gasteiger partial charge in [0.2, 0.25) is 0 Å². The van der Waals surface area contributed by atoms with Gasteiger partial charge in [0.15, 0.2) is 0 Å². The van der Waals surface area contributed by atoms with Crippen molar-refractivity contribution < 1.29 is 4.74 Å². The van der Waals surface area contributed by atoms with Crippen LogP contribution in [0.2, 0.25) is 0 Å². The van der Waals surface area contributed by atoms with Gasteiger partial charge in [0, 0.05) is 12.1 Å². The number of benzene rings is 1. The summed E-state index contributed by atoms with van der Waals surface area (Å²) in [6.45, 7) is 2.07. The SMILES string of the molecule is COc1ccc(C#N)c(NC(C)c2ccsc2)c1. The summed E-state index contributed by atoms with van der Waals surface area (Å²) in [6, 6.07) is 9.83. The summed E-state index contributed by atoms with van der Waals surface area (Å²) in [7, 11) is 1.62. The van der Waals surface area contributed by atoms with Gasteiger partial charge in [0.25, 0.3) is 0 Å². The Morgan fingerprint density at radius 2 is 2.22 bits per heavy atom. The van der Waals surface area contributed by atoms with Gasteiger partial charge in [-0.05, 0) is 41.4 Å². The Kier molecular flexibility index (Phi) is 3.85. The predicted octanol–water partition coefficient (Wildman–Crippen LogP) is 3.80. The molecule has 2 aromatic rings. The lowest BCUT2D eigenvalue weighted by molar-refractivity contribution is 0.415. The van der Waals surface area contributed by atoms with E-state index in [0.717, 1.165) is 11.4 Å². The number of nitrogens with zero attached hydrogens (tertiary/aromatic N) is 1. The van der Waals surface area contributed by atoms with E-state index in [2.05, 4.69) is 29.8 Å². The van der Waals surface area contributed by atoms with E-state index in [-0.39, 0.29) is 6.04 Å². The van der Waals surface area contributed by atoms with E-state index >= 15 is 0 Å². The normalized spacial score (nSPS) is 11.6. The zero-order valence-electron chi connectivity index (χ0n) is 10.3. The molecule has 1 aromatic heterocycles. The number of anilines is 1. The Labute approximate surface area is 111 Å². The summed E-state index contributed by atoms with van der Waals surface area (Å²) in [5.74, 6) is 0.744. The van der Waals surface area contributed by atoms with Crippen molar-refractivity contribution in [2.24, 2.45) is 0 Å². The molecular weight excluding hydrogens is 244 g/mol. The van der Waals surface area contributed by atoms with E-state index in [9.17, 15) is 0 Å². The standard InChI is InChI=1S/C14H14N2OS/c1-10(12-5-6-18-9-12)16-14-7-13(17-2)4-3-11(14)8-15/h3-7,9-10,16H,1-2H3. The largest absolute Gasteiger partial charge is 0.497 e. The van der Waals surface area contributed by atoms with Gasteiger partial charge < -0.3 is 10.1 Å². The molecule has 0 radical (unpaired) electrons. The van der Waals surface area contributed by atoms with Crippen molar-refractivity contribution >= 4 is 17.0 Å². The smallest absolute Gasteiger partial charge is 0.121 e. The number of nitrogens with one attached hydrogen (secondary N) is 1. The fourth-order valence-corrected chi connectivity index (χ4v) is 2.46. The summed E-state index contributed by atoms with van der Waals surface area (Å²) in [5.41, 5.74) is 2.64. The first-order valence-corrected chi connectivity index (χ1v) is 6.55. The zero-order chi connectivity index (χ0) is 13.0. The summed E-state index contributed by atoms with van der Waals surface area (Å²) in [4.78, 5) is 0. The van der Waals surface area contributed by atoms with Crippen LogP contribution in [0.4, 0.5) is 5.69 Å². The third-order valence-corrected chi connectivity index (χ3v) is 3.46. The Hall–Kier alpha value is -1.99. The number of thiophene rings is 1. The van der Waals surface area contributed by atoms with Crippen LogP contribution in [0.1, 0.15) is 24.1 Å². The van der Waals surface area contributed by atoms with Crippen molar-refractivity contribution in [1.29, 1.82) is 5.26 Å². The molecule has 0 spiro atoms. The second kappa shape index (κ2) is 5.56. The second-order valence-electron chi connectivity index (χ2n) is 3.95. The maximum Gasteiger partial charge on any atom is 0.121 e. The first-order chi connectivity index (χ1) is 8.74. The van der Waals surface area contributed by atoms with E-state index in [1.54, 1.807) is 30.6 Å². The minimum absolute atomic E-state index is 0.162. The average molecular weight is 258 g/mol. The van der Waals surface area contributed by atoms with Crippen LogP contribution < -0.4 is 10.1 Å². The maximum absolute atomic E-state index is 9.10. The van der Waals surface area contributed by atoms with Gasteiger partial charge in [-0.3, -0.25) is 0 Å². The molecule has 0 saturated heterocycles. The molecule has 1 N–H and O–H groups in total. The maximum atomic E-state index is 9.10. The highest BCUT2D eigenvalue weighted by Crippen LogP contribution is 2.26. The number of hydrogen-bond donors (Lipinski definition) is 1. The molecule has 2 rings (SSSR count). The van der Waals surface area contributed by atoms with Crippen LogP contribution in [0.3, 0.4) is 0 Å². The monoisotopic (exact) mass is 258 g/mol. The molecule has 0 fully saturated rings. The molecular formula is C14H14N2OS. The number of ether oxygens (including phenoxy) is 1. The molecule has 0 aliphatic heterocycles. The molecule has 1 unspecified atom stereocenters. The van der Waals surface area contributed by atoms with Crippen LogP contribution in [-0.2, 0) is 0 Å². The lowest BCUT2D eigenvalue weighted by Gasteiger charge is -2.16. The number of nitriles is 1. The van der Waals surface area contributed by atoms with Crippen molar-refractivity contribution in [3.05, 3.63) is 46.2 Å². The first-order valence-electron chi connectivity index (χ1n) is 5.61. The minimum Gasteiger partial charge on any atom is -0.497 e. The summed E-state index contributed by atoms with van der Waals surface area (Å²) >= 11 is 1.67. The zero-order valence-corrected chi connectivity index (χ0v) is 11.1. The van der Waals surface area contributed by atoms with Crippen molar-refractivity contribution in [3.8, 4) is 11.8 Å². The van der Waals surface area contributed by atoms with Gasteiger partial charge >= 0.3 is 0 Å². The van der Waals surface area contributed by atoms with Gasteiger partial charge in [0.05, 0.1) is 18.4 Å². The topological polar surface area (TPSA) is 45.0 Å². The average Bonchev–Trinajstić information content (AvgIpc) is 2.92. The third kappa shape index (κ3) is 2.63. The van der Waals surface area contributed by atoms with Crippen molar-refractivity contribution in [2.75, 3.05) is 12.4 Å². The molecule has 0 aliphatic carbocycles. The number of hydrogen-bond acceptors (Lipinski definition) is 4. The molecule has 92 valence electrons. The van der Waals surface area contributed by atoms with Gasteiger partial charge in [0.1, 0.15) is 11.8 Å². The highest BCUT2D eigenvalue weighted by atomic mass is 32.1. The first kappa shape index (κ1) is 12.5. The molecule has 3 nitrogen and oxygen atoms in total. The van der Waals surface area contributed by atoms with E-state index in [1.807, 2.05) is 11.4 Å². The highest BCUT2D eigenvalue weighted by Gasteiger charge is 2.09. The molecule has 0 saturated carbocycles. The fourth-order valence-electron chi connectivity index (χ4n) is 1.71. The molecule has 18 heavy (non-hydrogen) atoms. The lowest BCUT2D eigenvalue weighted by atomic mass is 10.1. The Morgan fingerprint density at radius 1 is 1.39 bits per heavy atom. The molecule has 4 heteroatoms. The molecule has 0 bridgehead atoms. The Balaban J connectivity index is 2.25. The van der Waals surface area contributed by atoms with E-state index in [0.29, 0.717) is 5.56 Å². The van der Waals surface area contributed by atoms with E-state index in [4.69, 9.17) is 10.00 Å². The number of rotatable bonds is 4. The van der Waals surface area contributed by atoms with Crippen LogP contribution in [0.5, 0.6) is 5.75 Å². The molecule has 1 atom stereocenters. The minimum atomic E-state index is 0.162. The van der Waals surface area contributed by atoms with Gasteiger partial charge in [-0.2, -0.15) is 16.6 Å². The van der Waals surface area contributed by atoms with Gasteiger partial charge in [-0.1, -0.05) is 0 Å². The predicted molar refractivity (Wildman–Crippen MR) is 74.1 cm³/mol. The lowest BCUT2D eigenvalue weighted by Crippen LogP contribution is -2.07. The fraction of sp³-hybridized carbons (Fsp3) is 0.214. The highest BCUT2D eigenvalue weighted by molar-refractivity contribution is 7.07. The molecule has 1 heterocycles. The van der Waals surface area contributed by atoms with Crippen molar-refractivity contribution in [1.82, 2.24) is 0 Å². The summed E-state index contributed by atoms with van der Waals surface area (Å²) in [6.07, 6.45) is 0. The van der Waals surface area contributed by atoms with E-state index < -0.39 is 0 Å². The van der Waals surface area contributed by atoms with Crippen LogP contribution in [0.15, 0.2) is 35.0 Å². The summed E-state index contributed by atoms with van der Waals surface area (Å²) < 4.78 is 5.18. The number of methoxy groups -OCH3 is 1. The van der Waals surface area contributed by atoms with Crippen LogP contribution >= 0.6 is 11.3 Å². The van der Waals surface area contributed by atoms with Gasteiger partial charge in [-0.15, -0.1) is 0 Å². The second-order valence-corrected chi connectivity index (χ2v) is 4.73. The Morgan fingerprint density at radius 3 is 2.83 bits per heavy atom. The van der Waals surface area contributed by atoms with Crippen LogP contribution in [-0.4, -0.2) is 7.11 Å².